The second kappa shape index (κ2) is 6.14. The first-order chi connectivity index (χ1) is 7.22. The van der Waals surface area contributed by atoms with Crippen LogP contribution in [0, 0.1) is 17.2 Å². The third-order valence-corrected chi connectivity index (χ3v) is 3.85. The molecular weight excluding hydrogens is 184 g/mol. The Labute approximate surface area is 94.6 Å². The summed E-state index contributed by atoms with van der Waals surface area (Å²) < 4.78 is 0. The third-order valence-electron chi connectivity index (χ3n) is 3.85. The Morgan fingerprint density at radius 1 is 1.20 bits per heavy atom. The molecule has 0 aromatic heterocycles. The smallest absolute Gasteiger partial charge is 0.0989 e. The van der Waals surface area contributed by atoms with Crippen molar-refractivity contribution in [3.8, 4) is 0 Å². The summed E-state index contributed by atoms with van der Waals surface area (Å²) in [6.07, 6.45) is 6.51. The lowest BCUT2D eigenvalue weighted by atomic mass is 9.79. The number of rotatable bonds is 4. The molecule has 0 amide bonds. The van der Waals surface area contributed by atoms with Crippen molar-refractivity contribution in [3.63, 3.8) is 0 Å². The summed E-state index contributed by atoms with van der Waals surface area (Å²) in [6, 6.07) is 0. The number of nitrogens with zero attached hydrogens (tertiary/aromatic N) is 1. The molecule has 0 spiro atoms. The molecule has 0 radical (unpaired) electrons. The fourth-order valence-corrected chi connectivity index (χ4v) is 2.73. The van der Waals surface area contributed by atoms with E-state index in [1.807, 2.05) is 0 Å². The number of hydrogen-bond donors (Lipinski definition) is 1. The van der Waals surface area contributed by atoms with Gasteiger partial charge in [-0.05, 0) is 32.6 Å². The number of hydrogen-bond acceptors (Lipinski definition) is 1. The molecule has 0 aliphatic heterocycles. The Bertz CT molecular complexity index is 197. The van der Waals surface area contributed by atoms with Crippen molar-refractivity contribution in [1.82, 2.24) is 4.90 Å². The van der Waals surface area contributed by atoms with E-state index in [-0.39, 0.29) is 0 Å². The highest BCUT2D eigenvalue weighted by Crippen LogP contribution is 2.32. The summed E-state index contributed by atoms with van der Waals surface area (Å²) in [4.78, 5) is 2.21. The van der Waals surface area contributed by atoms with Gasteiger partial charge in [0.15, 0.2) is 0 Å². The van der Waals surface area contributed by atoms with Crippen molar-refractivity contribution >= 4 is 5.84 Å². The van der Waals surface area contributed by atoms with Gasteiger partial charge in [-0.3, -0.25) is 5.41 Å². The van der Waals surface area contributed by atoms with Crippen LogP contribution in [0.15, 0.2) is 0 Å². The van der Waals surface area contributed by atoms with Crippen LogP contribution in [0.5, 0.6) is 0 Å². The molecule has 0 saturated heterocycles. The molecule has 0 aromatic carbocycles. The van der Waals surface area contributed by atoms with Crippen LogP contribution in [-0.4, -0.2) is 23.8 Å². The molecule has 1 fully saturated rings. The van der Waals surface area contributed by atoms with Crippen LogP contribution in [0.3, 0.4) is 0 Å². The van der Waals surface area contributed by atoms with E-state index in [0.29, 0.717) is 5.92 Å². The highest BCUT2D eigenvalue weighted by atomic mass is 15.2. The molecule has 1 saturated carbocycles. The van der Waals surface area contributed by atoms with E-state index >= 15 is 0 Å². The van der Waals surface area contributed by atoms with Crippen molar-refractivity contribution in [2.75, 3.05) is 13.1 Å². The summed E-state index contributed by atoms with van der Waals surface area (Å²) >= 11 is 0. The molecule has 1 N–H and O–H groups in total. The first-order valence-corrected chi connectivity index (χ1v) is 6.56. The molecule has 1 aliphatic rings. The van der Waals surface area contributed by atoms with Crippen LogP contribution in [0.25, 0.3) is 0 Å². The van der Waals surface area contributed by atoms with Crippen molar-refractivity contribution in [1.29, 1.82) is 5.41 Å². The molecule has 2 atom stereocenters. The first kappa shape index (κ1) is 12.5. The van der Waals surface area contributed by atoms with Gasteiger partial charge in [-0.25, -0.2) is 0 Å². The van der Waals surface area contributed by atoms with Crippen LogP contribution < -0.4 is 0 Å². The van der Waals surface area contributed by atoms with Crippen molar-refractivity contribution in [2.24, 2.45) is 11.8 Å². The largest absolute Gasteiger partial charge is 0.361 e. The predicted octanol–water partition coefficient (Wildman–Crippen LogP) is 3.52. The zero-order valence-corrected chi connectivity index (χ0v) is 10.6. The first-order valence-electron chi connectivity index (χ1n) is 6.56. The van der Waals surface area contributed by atoms with Gasteiger partial charge < -0.3 is 4.90 Å². The minimum atomic E-state index is 0.545. The van der Waals surface area contributed by atoms with Crippen LogP contribution in [0.2, 0.25) is 0 Å². The average Bonchev–Trinajstić information content (AvgIpc) is 2.30. The molecule has 2 heteroatoms. The Balaban J connectivity index is 2.51. The normalized spacial score (nSPS) is 26.3. The highest BCUT2D eigenvalue weighted by molar-refractivity contribution is 5.81. The summed E-state index contributed by atoms with van der Waals surface area (Å²) in [6.45, 7) is 8.57. The van der Waals surface area contributed by atoms with Gasteiger partial charge in [-0.1, -0.05) is 26.2 Å². The summed E-state index contributed by atoms with van der Waals surface area (Å²) in [7, 11) is 0. The monoisotopic (exact) mass is 210 g/mol. The van der Waals surface area contributed by atoms with E-state index in [1.165, 1.54) is 32.1 Å². The Kier molecular flexibility index (Phi) is 5.13. The molecule has 1 rings (SSSR count). The molecule has 15 heavy (non-hydrogen) atoms. The molecule has 0 heterocycles. The van der Waals surface area contributed by atoms with E-state index < -0.39 is 0 Å². The summed E-state index contributed by atoms with van der Waals surface area (Å²) in [5.74, 6) is 2.32. The maximum Gasteiger partial charge on any atom is 0.0989 e. The van der Waals surface area contributed by atoms with Gasteiger partial charge in [-0.15, -0.1) is 0 Å². The van der Waals surface area contributed by atoms with Gasteiger partial charge in [0.1, 0.15) is 0 Å². The Hall–Kier alpha value is -0.530. The van der Waals surface area contributed by atoms with Gasteiger partial charge >= 0.3 is 0 Å². The van der Waals surface area contributed by atoms with Crippen molar-refractivity contribution in [3.05, 3.63) is 0 Å². The third kappa shape index (κ3) is 3.22. The second-order valence-electron chi connectivity index (χ2n) is 4.70. The van der Waals surface area contributed by atoms with Gasteiger partial charge in [0.05, 0.1) is 5.84 Å². The number of amidine groups is 1. The van der Waals surface area contributed by atoms with E-state index in [0.717, 1.165) is 24.8 Å². The Morgan fingerprint density at radius 3 is 2.40 bits per heavy atom. The highest BCUT2D eigenvalue weighted by Gasteiger charge is 2.25. The molecule has 0 bridgehead atoms. The van der Waals surface area contributed by atoms with Crippen molar-refractivity contribution < 1.29 is 0 Å². The lowest BCUT2D eigenvalue weighted by Crippen LogP contribution is -2.37. The molecule has 2 unspecified atom stereocenters. The topological polar surface area (TPSA) is 27.1 Å². The van der Waals surface area contributed by atoms with Crippen LogP contribution in [0.4, 0.5) is 0 Å². The lowest BCUT2D eigenvalue weighted by molar-refractivity contribution is 0.288. The van der Waals surface area contributed by atoms with Crippen molar-refractivity contribution in [2.45, 2.75) is 52.9 Å². The molecule has 88 valence electrons. The van der Waals surface area contributed by atoms with E-state index in [2.05, 4.69) is 25.7 Å². The lowest BCUT2D eigenvalue weighted by Gasteiger charge is -2.33. The quantitative estimate of drug-likeness (QED) is 0.558. The fraction of sp³-hybridized carbons (Fsp3) is 0.923. The molecular formula is C13H26N2. The molecule has 1 aliphatic carbocycles. The fourth-order valence-electron chi connectivity index (χ4n) is 2.73. The maximum atomic E-state index is 8.23. The van der Waals surface area contributed by atoms with Crippen LogP contribution >= 0.6 is 0 Å². The van der Waals surface area contributed by atoms with E-state index in [9.17, 15) is 0 Å². The van der Waals surface area contributed by atoms with Gasteiger partial charge in [0.2, 0.25) is 0 Å². The SMILES string of the molecule is CCC1CCCC(C(=N)N(CC)CC)C1. The standard InChI is InChI=1S/C13H26N2/c1-4-11-8-7-9-12(10-11)13(14)15(5-2)6-3/h11-12,14H,4-10H2,1-3H3. The Morgan fingerprint density at radius 2 is 1.87 bits per heavy atom. The second-order valence-corrected chi connectivity index (χ2v) is 4.70. The minimum Gasteiger partial charge on any atom is -0.361 e. The predicted molar refractivity (Wildman–Crippen MR) is 66.4 cm³/mol. The zero-order chi connectivity index (χ0) is 11.3. The van der Waals surface area contributed by atoms with Crippen LogP contribution in [0.1, 0.15) is 52.9 Å². The van der Waals surface area contributed by atoms with E-state index in [4.69, 9.17) is 5.41 Å². The zero-order valence-electron chi connectivity index (χ0n) is 10.6. The van der Waals surface area contributed by atoms with Gasteiger partial charge in [0.25, 0.3) is 0 Å². The minimum absolute atomic E-state index is 0.545. The molecule has 0 aromatic rings. The molecule has 2 nitrogen and oxygen atoms in total. The van der Waals surface area contributed by atoms with Gasteiger partial charge in [0, 0.05) is 19.0 Å². The number of nitrogens with one attached hydrogen (secondary N) is 1. The van der Waals surface area contributed by atoms with Crippen LogP contribution in [-0.2, 0) is 0 Å². The maximum absolute atomic E-state index is 8.23. The van der Waals surface area contributed by atoms with E-state index in [1.54, 1.807) is 0 Å². The average molecular weight is 210 g/mol. The summed E-state index contributed by atoms with van der Waals surface area (Å²) in [5.41, 5.74) is 0. The van der Waals surface area contributed by atoms with Gasteiger partial charge in [-0.2, -0.15) is 0 Å². The summed E-state index contributed by atoms with van der Waals surface area (Å²) in [5, 5.41) is 8.23.